The van der Waals surface area contributed by atoms with Crippen molar-refractivity contribution in [3.63, 3.8) is 0 Å². The molecule has 0 aliphatic rings. The molecule has 11 heteroatoms. The maximum atomic E-state index is 12.1. The quantitative estimate of drug-likeness (QED) is 0.227. The molecule has 0 fully saturated rings. The number of aliphatic imine (C=N–C) groups is 1. The summed E-state index contributed by atoms with van der Waals surface area (Å²) in [5.41, 5.74) is -0.491. The monoisotopic (exact) mass is 334 g/mol. The molecule has 7 nitrogen and oxygen atoms in total. The summed E-state index contributed by atoms with van der Waals surface area (Å²) in [6, 6.07) is 3.02. The normalized spacial score (nSPS) is 11.7. The topological polar surface area (TPSA) is 101 Å². The molecule has 0 saturated carbocycles. The zero-order chi connectivity index (χ0) is 16.8. The van der Waals surface area contributed by atoms with E-state index in [0.29, 0.717) is 0 Å². The first-order valence-corrected chi connectivity index (χ1v) is 6.74. The maximum Gasteiger partial charge on any atom is 0.422 e. The molecule has 0 amide bonds. The van der Waals surface area contributed by atoms with Crippen molar-refractivity contribution in [1.29, 1.82) is 5.26 Å². The van der Waals surface area contributed by atoms with Gasteiger partial charge in [-0.3, -0.25) is 15.4 Å². The first kappa shape index (κ1) is 17.6. The van der Waals surface area contributed by atoms with E-state index in [1.165, 1.54) is 0 Å². The summed E-state index contributed by atoms with van der Waals surface area (Å²) in [5.74, 6) is -0.345. The Morgan fingerprint density at radius 1 is 1.55 bits per heavy atom. The molecule has 0 aromatic heterocycles. The molecule has 118 valence electrons. The van der Waals surface area contributed by atoms with Gasteiger partial charge in [-0.2, -0.15) is 18.4 Å². The van der Waals surface area contributed by atoms with Crippen molar-refractivity contribution in [3.05, 3.63) is 28.3 Å². The highest BCUT2D eigenvalue weighted by Crippen LogP contribution is 2.29. The third-order valence-electron chi connectivity index (χ3n) is 2.08. The van der Waals surface area contributed by atoms with E-state index < -0.39 is 23.4 Å². The van der Waals surface area contributed by atoms with Gasteiger partial charge in [-0.1, -0.05) is 11.8 Å². The van der Waals surface area contributed by atoms with Crippen molar-refractivity contribution in [3.8, 4) is 11.9 Å². The summed E-state index contributed by atoms with van der Waals surface area (Å²) in [4.78, 5) is 13.9. The minimum Gasteiger partial charge on any atom is -0.484 e. The van der Waals surface area contributed by atoms with Crippen LogP contribution < -0.4 is 10.1 Å². The number of amidine groups is 1. The number of nitro groups is 1. The average molecular weight is 334 g/mol. The van der Waals surface area contributed by atoms with Gasteiger partial charge in [0.1, 0.15) is 5.75 Å². The lowest BCUT2D eigenvalue weighted by molar-refractivity contribution is -0.384. The molecule has 1 N–H and O–H groups in total. The van der Waals surface area contributed by atoms with Gasteiger partial charge in [-0.15, -0.1) is 0 Å². The standard InChI is InChI=1S/C11H9F3N4O3S/c1-22-10(16-6-15)17-7-2-8(18(19)20)4-9(3-7)21-5-11(12,13)14/h2-4H,5H2,1H3,(H,16,17). The van der Waals surface area contributed by atoms with Gasteiger partial charge in [0.25, 0.3) is 5.69 Å². The lowest BCUT2D eigenvalue weighted by Gasteiger charge is -2.09. The molecule has 0 heterocycles. The SMILES string of the molecule is CSC(=Nc1cc(OCC(F)(F)F)cc([N+](=O)[O-])c1)NC#N. The summed E-state index contributed by atoms with van der Waals surface area (Å²) in [6.07, 6.45) is -1.35. The van der Waals surface area contributed by atoms with Gasteiger partial charge in [-0.05, 0) is 6.26 Å². The number of nitrogens with one attached hydrogen (secondary N) is 1. The van der Waals surface area contributed by atoms with E-state index in [9.17, 15) is 23.3 Å². The molecule has 0 atom stereocenters. The van der Waals surface area contributed by atoms with Crippen molar-refractivity contribution in [1.82, 2.24) is 5.32 Å². The van der Waals surface area contributed by atoms with E-state index in [0.717, 1.165) is 30.0 Å². The zero-order valence-corrected chi connectivity index (χ0v) is 11.9. The summed E-state index contributed by atoms with van der Waals surface area (Å²) in [5, 5.41) is 21.7. The Labute approximate surface area is 126 Å². The van der Waals surface area contributed by atoms with Crippen LogP contribution >= 0.6 is 11.8 Å². The Balaban J connectivity index is 3.14. The van der Waals surface area contributed by atoms with Crippen LogP contribution in [0.25, 0.3) is 0 Å². The number of benzene rings is 1. The minimum absolute atomic E-state index is 0.0153. The van der Waals surface area contributed by atoms with Gasteiger partial charge in [0.05, 0.1) is 16.7 Å². The fourth-order valence-corrected chi connectivity index (χ4v) is 1.62. The number of rotatable bonds is 4. The van der Waals surface area contributed by atoms with E-state index in [-0.39, 0.29) is 16.6 Å². The third kappa shape index (κ3) is 5.88. The van der Waals surface area contributed by atoms with Gasteiger partial charge in [0, 0.05) is 12.1 Å². The molecule has 1 aromatic rings. The number of halogens is 3. The predicted molar refractivity (Wildman–Crippen MR) is 74.0 cm³/mol. The molecule has 0 aliphatic heterocycles. The van der Waals surface area contributed by atoms with E-state index >= 15 is 0 Å². The fourth-order valence-electron chi connectivity index (χ4n) is 1.28. The summed E-state index contributed by atoms with van der Waals surface area (Å²) in [7, 11) is 0. The number of thioether (sulfide) groups is 1. The second-order valence-corrected chi connectivity index (χ2v) is 4.50. The predicted octanol–water partition coefficient (Wildman–Crippen LogP) is 2.96. The highest BCUT2D eigenvalue weighted by Gasteiger charge is 2.28. The molecule has 1 aromatic carbocycles. The molecule has 0 saturated heterocycles. The Bertz CT molecular complexity index is 628. The smallest absolute Gasteiger partial charge is 0.422 e. The van der Waals surface area contributed by atoms with Crippen molar-refractivity contribution in [2.45, 2.75) is 6.18 Å². The first-order valence-electron chi connectivity index (χ1n) is 5.52. The Kier molecular flexibility index (Phi) is 6.00. The van der Waals surface area contributed by atoms with E-state index in [1.54, 1.807) is 12.4 Å². The van der Waals surface area contributed by atoms with Crippen LogP contribution in [0.2, 0.25) is 0 Å². The van der Waals surface area contributed by atoms with Crippen LogP contribution in [0.15, 0.2) is 23.2 Å². The van der Waals surface area contributed by atoms with Crippen LogP contribution in [0.5, 0.6) is 5.75 Å². The van der Waals surface area contributed by atoms with Gasteiger partial charge in [0.2, 0.25) is 0 Å². The van der Waals surface area contributed by atoms with Crippen molar-refractivity contribution in [2.24, 2.45) is 4.99 Å². The zero-order valence-electron chi connectivity index (χ0n) is 11.0. The highest BCUT2D eigenvalue weighted by atomic mass is 32.2. The Morgan fingerprint density at radius 2 is 2.23 bits per heavy atom. The van der Waals surface area contributed by atoms with Crippen LogP contribution in [0.4, 0.5) is 24.5 Å². The summed E-state index contributed by atoms with van der Waals surface area (Å²) in [6.45, 7) is -1.58. The first-order chi connectivity index (χ1) is 10.2. The van der Waals surface area contributed by atoms with Gasteiger partial charge < -0.3 is 4.74 Å². The number of non-ortho nitro benzene ring substituents is 1. The average Bonchev–Trinajstić information content (AvgIpc) is 2.43. The lowest BCUT2D eigenvalue weighted by atomic mass is 10.2. The molecule has 22 heavy (non-hydrogen) atoms. The number of nitriles is 1. The number of nitrogens with zero attached hydrogens (tertiary/aromatic N) is 3. The lowest BCUT2D eigenvalue weighted by Crippen LogP contribution is -2.19. The van der Waals surface area contributed by atoms with Crippen LogP contribution in [-0.2, 0) is 0 Å². The second kappa shape index (κ2) is 7.51. The number of ether oxygens (including phenoxy) is 1. The van der Waals surface area contributed by atoms with Crippen LogP contribution in [0, 0.1) is 21.6 Å². The fraction of sp³-hybridized carbons (Fsp3) is 0.273. The van der Waals surface area contributed by atoms with E-state index in [1.807, 2.05) is 0 Å². The van der Waals surface area contributed by atoms with Gasteiger partial charge >= 0.3 is 6.18 Å². The molecule has 0 radical (unpaired) electrons. The number of hydrogen-bond donors (Lipinski definition) is 1. The Morgan fingerprint density at radius 3 is 2.73 bits per heavy atom. The molecule has 0 spiro atoms. The van der Waals surface area contributed by atoms with E-state index in [4.69, 9.17) is 5.26 Å². The van der Waals surface area contributed by atoms with Crippen LogP contribution in [-0.4, -0.2) is 29.1 Å². The van der Waals surface area contributed by atoms with Crippen molar-refractivity contribution in [2.75, 3.05) is 12.9 Å². The van der Waals surface area contributed by atoms with Gasteiger partial charge in [0.15, 0.2) is 18.0 Å². The summed E-state index contributed by atoms with van der Waals surface area (Å²) >= 11 is 1.05. The number of alkyl halides is 3. The highest BCUT2D eigenvalue weighted by molar-refractivity contribution is 8.13. The maximum absolute atomic E-state index is 12.1. The number of nitro benzene ring substituents is 1. The summed E-state index contributed by atoms with van der Waals surface area (Å²) < 4.78 is 40.9. The largest absolute Gasteiger partial charge is 0.484 e. The van der Waals surface area contributed by atoms with Crippen molar-refractivity contribution >= 4 is 28.3 Å². The second-order valence-electron chi connectivity index (χ2n) is 3.70. The Hall–Kier alpha value is -2.48. The van der Waals surface area contributed by atoms with Crippen molar-refractivity contribution < 1.29 is 22.8 Å². The van der Waals surface area contributed by atoms with Crippen LogP contribution in [0.3, 0.4) is 0 Å². The molecule has 0 bridgehead atoms. The molecular formula is C11H9F3N4O3S. The third-order valence-corrected chi connectivity index (χ3v) is 2.66. The number of hydrogen-bond acceptors (Lipinski definition) is 6. The minimum atomic E-state index is -4.57. The van der Waals surface area contributed by atoms with Crippen LogP contribution in [0.1, 0.15) is 0 Å². The molecule has 0 unspecified atom stereocenters. The van der Waals surface area contributed by atoms with E-state index in [2.05, 4.69) is 15.0 Å². The molecular weight excluding hydrogens is 325 g/mol. The molecule has 0 aliphatic carbocycles. The van der Waals surface area contributed by atoms with Gasteiger partial charge in [-0.25, -0.2) is 4.99 Å². The molecule has 1 rings (SSSR count).